The zero-order valence-electron chi connectivity index (χ0n) is 10.5. The van der Waals surface area contributed by atoms with E-state index in [2.05, 4.69) is 40.9 Å². The average molecular weight is 259 g/mol. The van der Waals surface area contributed by atoms with Gasteiger partial charge in [0.25, 0.3) is 0 Å². The van der Waals surface area contributed by atoms with Gasteiger partial charge in [0.1, 0.15) is 0 Å². The topological polar surface area (TPSA) is 9.23 Å². The molecule has 0 saturated heterocycles. The molecule has 2 heteroatoms. The van der Waals surface area contributed by atoms with Gasteiger partial charge in [0.15, 0.2) is 0 Å². The molecule has 0 aromatic heterocycles. The van der Waals surface area contributed by atoms with Crippen molar-refractivity contribution >= 4 is 13.3 Å². The molecule has 0 bridgehead atoms. The second-order valence-electron chi connectivity index (χ2n) is 3.79. The number of ether oxygens (including phenoxy) is 1. The third-order valence-electron chi connectivity index (χ3n) is 3.48. The van der Waals surface area contributed by atoms with E-state index in [1.54, 1.807) is 4.41 Å². The van der Waals surface area contributed by atoms with E-state index in [0.717, 1.165) is 6.61 Å². The van der Waals surface area contributed by atoms with Gasteiger partial charge in [-0.1, -0.05) is 0 Å². The molecule has 0 atom stereocenters. The van der Waals surface area contributed by atoms with Gasteiger partial charge in [0, 0.05) is 0 Å². The third kappa shape index (κ3) is 3.34. The molecule has 0 spiro atoms. The van der Waals surface area contributed by atoms with E-state index in [-0.39, 0.29) is 0 Å². The summed E-state index contributed by atoms with van der Waals surface area (Å²) in [5.41, 5.74) is 0. The number of rotatable bonds is 7. The molecule has 0 saturated carbocycles. The van der Waals surface area contributed by atoms with Gasteiger partial charge in [-0.25, -0.2) is 0 Å². The fourth-order valence-corrected chi connectivity index (χ4v) is 10.5. The zero-order chi connectivity index (χ0) is 11.0. The summed E-state index contributed by atoms with van der Waals surface area (Å²) in [6.07, 6.45) is 3.27. The summed E-state index contributed by atoms with van der Waals surface area (Å²) < 4.78 is 7.15. The summed E-state index contributed by atoms with van der Waals surface area (Å²) in [7, 11) is 0. The molecule has 84 valence electrons. The van der Waals surface area contributed by atoms with Gasteiger partial charge in [-0.2, -0.15) is 0 Å². The fourth-order valence-electron chi connectivity index (χ4n) is 2.20. The molecule has 0 aliphatic carbocycles. The van der Waals surface area contributed by atoms with Gasteiger partial charge < -0.3 is 0 Å². The molecule has 0 fully saturated rings. The van der Waals surface area contributed by atoms with Crippen LogP contribution in [0.1, 0.15) is 41.0 Å². The van der Waals surface area contributed by atoms with Crippen LogP contribution in [-0.4, -0.2) is 19.9 Å². The minimum atomic E-state index is -1.68. The first kappa shape index (κ1) is 14.1. The monoisotopic (exact) mass is 260 g/mol. The SMILES string of the molecule is CCO/C=[C](/CC)[Ge]([CH2]C)([CH2]C)[CH2]C. The molecule has 14 heavy (non-hydrogen) atoms. The summed E-state index contributed by atoms with van der Waals surface area (Å²) in [4.78, 5) is 0. The Balaban J connectivity index is 4.74. The fraction of sp³-hybridized carbons (Fsp3) is 0.833. The Morgan fingerprint density at radius 2 is 1.50 bits per heavy atom. The summed E-state index contributed by atoms with van der Waals surface area (Å²) in [5, 5.41) is 4.21. The molecular weight excluding hydrogens is 233 g/mol. The van der Waals surface area contributed by atoms with Gasteiger partial charge in [-0.05, 0) is 0 Å². The summed E-state index contributed by atoms with van der Waals surface area (Å²) in [6, 6.07) is 0. The molecule has 0 unspecified atom stereocenters. The molecule has 0 rings (SSSR count). The van der Waals surface area contributed by atoms with Crippen LogP contribution in [-0.2, 0) is 4.74 Å². The predicted octanol–water partition coefficient (Wildman–Crippen LogP) is 4.36. The van der Waals surface area contributed by atoms with E-state index in [1.165, 1.54) is 22.2 Å². The molecule has 0 aliphatic heterocycles. The van der Waals surface area contributed by atoms with Gasteiger partial charge in [0.05, 0.1) is 0 Å². The molecule has 0 aliphatic rings. The summed E-state index contributed by atoms with van der Waals surface area (Å²) in [6.45, 7) is 12.2. The van der Waals surface area contributed by atoms with Crippen molar-refractivity contribution in [3.63, 3.8) is 0 Å². The van der Waals surface area contributed by atoms with Crippen molar-refractivity contribution in [2.24, 2.45) is 0 Å². The Kier molecular flexibility index (Phi) is 7.43. The molecular formula is C12H26GeO. The first-order valence-corrected chi connectivity index (χ1v) is 11.5. The second-order valence-corrected chi connectivity index (χ2v) is 15.0. The Morgan fingerprint density at radius 1 is 1.00 bits per heavy atom. The van der Waals surface area contributed by atoms with Crippen LogP contribution >= 0.6 is 0 Å². The van der Waals surface area contributed by atoms with E-state index >= 15 is 0 Å². The van der Waals surface area contributed by atoms with Crippen molar-refractivity contribution in [1.82, 2.24) is 0 Å². The maximum absolute atomic E-state index is 5.48. The number of hydrogen-bond donors (Lipinski definition) is 0. The van der Waals surface area contributed by atoms with Gasteiger partial charge in [-0.3, -0.25) is 0 Å². The van der Waals surface area contributed by atoms with Crippen LogP contribution in [0.4, 0.5) is 0 Å². The van der Waals surface area contributed by atoms with Crippen LogP contribution in [0.3, 0.4) is 0 Å². The van der Waals surface area contributed by atoms with Crippen LogP contribution in [0.5, 0.6) is 0 Å². The van der Waals surface area contributed by atoms with Crippen molar-refractivity contribution in [2.75, 3.05) is 6.61 Å². The predicted molar refractivity (Wildman–Crippen MR) is 67.2 cm³/mol. The Morgan fingerprint density at radius 3 is 1.79 bits per heavy atom. The van der Waals surface area contributed by atoms with E-state index in [4.69, 9.17) is 4.74 Å². The molecule has 0 heterocycles. The van der Waals surface area contributed by atoms with Crippen molar-refractivity contribution in [3.8, 4) is 0 Å². The van der Waals surface area contributed by atoms with E-state index in [9.17, 15) is 0 Å². The molecule has 0 aromatic carbocycles. The molecule has 0 aromatic rings. The average Bonchev–Trinajstić information content (AvgIpc) is 2.25. The van der Waals surface area contributed by atoms with Crippen molar-refractivity contribution in [1.29, 1.82) is 0 Å². The minimum absolute atomic E-state index is 0.805. The van der Waals surface area contributed by atoms with Crippen LogP contribution in [0.2, 0.25) is 15.8 Å². The second kappa shape index (κ2) is 7.38. The Bertz CT molecular complexity index is 163. The number of allylic oxidation sites excluding steroid dienone is 1. The van der Waals surface area contributed by atoms with E-state index < -0.39 is 13.3 Å². The van der Waals surface area contributed by atoms with Gasteiger partial charge in [0.2, 0.25) is 0 Å². The van der Waals surface area contributed by atoms with E-state index in [0.29, 0.717) is 0 Å². The zero-order valence-corrected chi connectivity index (χ0v) is 12.6. The van der Waals surface area contributed by atoms with Crippen LogP contribution in [0.15, 0.2) is 10.7 Å². The molecule has 1 nitrogen and oxygen atoms in total. The number of hydrogen-bond acceptors (Lipinski definition) is 1. The quantitative estimate of drug-likeness (QED) is 0.487. The summed E-state index contributed by atoms with van der Waals surface area (Å²) in [5.74, 6) is 0. The normalized spacial score (nSPS) is 13.1. The molecule has 0 radical (unpaired) electrons. The van der Waals surface area contributed by atoms with Crippen LogP contribution in [0, 0.1) is 0 Å². The summed E-state index contributed by atoms with van der Waals surface area (Å²) >= 11 is -1.68. The van der Waals surface area contributed by atoms with Crippen molar-refractivity contribution in [3.05, 3.63) is 10.7 Å². The Hall–Kier alpha value is 0.0829. The Labute approximate surface area is 92.3 Å². The first-order valence-electron chi connectivity index (χ1n) is 6.01. The third-order valence-corrected chi connectivity index (χ3v) is 15.9. The van der Waals surface area contributed by atoms with Gasteiger partial charge >= 0.3 is 92.1 Å². The standard InChI is InChI=1S/C12H26GeO/c1-6-12(11-14-10-5)13(7-2,8-3)9-4/h11H,6-10H2,1-5H3/b12-11-. The van der Waals surface area contributed by atoms with Crippen molar-refractivity contribution in [2.45, 2.75) is 56.8 Å². The maximum atomic E-state index is 5.48. The first-order chi connectivity index (χ1) is 6.70. The van der Waals surface area contributed by atoms with Crippen LogP contribution in [0.25, 0.3) is 0 Å². The molecule has 0 amide bonds. The molecule has 0 N–H and O–H groups in total. The van der Waals surface area contributed by atoms with Gasteiger partial charge in [-0.15, -0.1) is 0 Å². The van der Waals surface area contributed by atoms with Crippen LogP contribution < -0.4 is 0 Å². The van der Waals surface area contributed by atoms with E-state index in [1.807, 2.05) is 0 Å². The van der Waals surface area contributed by atoms with Crippen molar-refractivity contribution < 1.29 is 4.74 Å².